The Morgan fingerprint density at radius 1 is 1.38 bits per heavy atom. The molecule has 0 aliphatic carbocycles. The lowest BCUT2D eigenvalue weighted by Crippen LogP contribution is -2.36. The molecule has 0 radical (unpaired) electrons. The Morgan fingerprint density at radius 2 is 2.29 bits per heavy atom. The van der Waals surface area contributed by atoms with Crippen LogP contribution in [0.4, 0.5) is 0 Å². The van der Waals surface area contributed by atoms with E-state index in [0.29, 0.717) is 5.75 Å². The molecule has 0 fully saturated rings. The molecule has 0 unspecified atom stereocenters. The summed E-state index contributed by atoms with van der Waals surface area (Å²) in [6.07, 6.45) is 1.02. The molecule has 0 atom stereocenters. The Labute approximate surface area is 134 Å². The van der Waals surface area contributed by atoms with Crippen molar-refractivity contribution in [3.63, 3.8) is 0 Å². The standard InChI is InChI=1S/C17H19NOS2/c1-13-3-2-4-14(9-13)11-20-12-17(19)18-7-5-16-15(10-18)6-8-21-16/h2-4,6,8-9H,5,7,10-12H2,1H3. The first kappa shape index (κ1) is 14.7. The van der Waals surface area contributed by atoms with Gasteiger partial charge >= 0.3 is 0 Å². The Kier molecular flexibility index (Phi) is 4.66. The molecule has 2 aromatic rings. The highest BCUT2D eigenvalue weighted by Gasteiger charge is 2.21. The van der Waals surface area contributed by atoms with Crippen LogP contribution in [0.15, 0.2) is 35.7 Å². The molecule has 0 spiro atoms. The van der Waals surface area contributed by atoms with Gasteiger partial charge in [0, 0.05) is 23.7 Å². The second-order valence-electron chi connectivity index (χ2n) is 5.42. The van der Waals surface area contributed by atoms with Gasteiger partial charge in [-0.05, 0) is 35.9 Å². The lowest BCUT2D eigenvalue weighted by Gasteiger charge is -2.27. The van der Waals surface area contributed by atoms with Crippen molar-refractivity contribution in [3.8, 4) is 0 Å². The van der Waals surface area contributed by atoms with Crippen LogP contribution in [-0.4, -0.2) is 23.1 Å². The molecule has 0 saturated heterocycles. The average molecular weight is 317 g/mol. The summed E-state index contributed by atoms with van der Waals surface area (Å²) in [5.41, 5.74) is 3.91. The van der Waals surface area contributed by atoms with Gasteiger partial charge in [0.25, 0.3) is 0 Å². The Morgan fingerprint density at radius 3 is 3.14 bits per heavy atom. The van der Waals surface area contributed by atoms with E-state index in [0.717, 1.165) is 25.3 Å². The number of fused-ring (bicyclic) bond motifs is 1. The van der Waals surface area contributed by atoms with Gasteiger partial charge in [-0.3, -0.25) is 4.79 Å². The quantitative estimate of drug-likeness (QED) is 0.853. The van der Waals surface area contributed by atoms with Crippen molar-refractivity contribution in [2.45, 2.75) is 25.6 Å². The molecule has 3 rings (SSSR count). The third kappa shape index (κ3) is 3.69. The number of hydrogen-bond donors (Lipinski definition) is 0. The number of carbonyl (C=O) groups is 1. The molecule has 1 amide bonds. The summed E-state index contributed by atoms with van der Waals surface area (Å²) in [5, 5.41) is 2.13. The summed E-state index contributed by atoms with van der Waals surface area (Å²) in [7, 11) is 0. The van der Waals surface area contributed by atoms with Crippen molar-refractivity contribution in [3.05, 3.63) is 57.3 Å². The fourth-order valence-corrected chi connectivity index (χ4v) is 4.37. The third-order valence-corrected chi connectivity index (χ3v) is 5.75. The molecule has 0 N–H and O–H groups in total. The molecule has 1 aromatic heterocycles. The summed E-state index contributed by atoms with van der Waals surface area (Å²) < 4.78 is 0. The average Bonchev–Trinajstić information content (AvgIpc) is 2.94. The lowest BCUT2D eigenvalue weighted by atomic mass is 10.1. The number of benzene rings is 1. The molecule has 1 aromatic carbocycles. The SMILES string of the molecule is Cc1cccc(CSCC(=O)N2CCc3sccc3C2)c1. The van der Waals surface area contributed by atoms with Crippen LogP contribution in [-0.2, 0) is 23.5 Å². The minimum absolute atomic E-state index is 0.268. The highest BCUT2D eigenvalue weighted by molar-refractivity contribution is 7.99. The van der Waals surface area contributed by atoms with Crippen LogP contribution in [0.25, 0.3) is 0 Å². The van der Waals surface area contributed by atoms with E-state index in [9.17, 15) is 4.79 Å². The fourth-order valence-electron chi connectivity index (χ4n) is 2.61. The molecule has 1 aliphatic heterocycles. The van der Waals surface area contributed by atoms with Crippen LogP contribution in [0.3, 0.4) is 0 Å². The van der Waals surface area contributed by atoms with Gasteiger partial charge in [-0.1, -0.05) is 29.8 Å². The van der Waals surface area contributed by atoms with E-state index in [2.05, 4.69) is 42.6 Å². The smallest absolute Gasteiger partial charge is 0.232 e. The molecule has 2 heterocycles. The van der Waals surface area contributed by atoms with Crippen LogP contribution >= 0.6 is 23.1 Å². The first-order valence-corrected chi connectivity index (χ1v) is 9.22. The molecular weight excluding hydrogens is 298 g/mol. The Bertz CT molecular complexity index is 635. The number of rotatable bonds is 4. The van der Waals surface area contributed by atoms with Gasteiger partial charge < -0.3 is 4.90 Å². The largest absolute Gasteiger partial charge is 0.337 e. The first-order chi connectivity index (χ1) is 10.2. The topological polar surface area (TPSA) is 20.3 Å². The van der Waals surface area contributed by atoms with E-state index in [1.807, 2.05) is 16.2 Å². The summed E-state index contributed by atoms with van der Waals surface area (Å²) in [5.74, 6) is 1.75. The van der Waals surface area contributed by atoms with E-state index in [1.165, 1.54) is 21.6 Å². The molecule has 2 nitrogen and oxygen atoms in total. The third-order valence-electron chi connectivity index (χ3n) is 3.74. The van der Waals surface area contributed by atoms with E-state index in [1.54, 1.807) is 11.8 Å². The van der Waals surface area contributed by atoms with Crippen molar-refractivity contribution in [1.29, 1.82) is 0 Å². The number of hydrogen-bond acceptors (Lipinski definition) is 3. The van der Waals surface area contributed by atoms with Crippen LogP contribution in [0, 0.1) is 6.92 Å². The van der Waals surface area contributed by atoms with Crippen molar-refractivity contribution in [2.75, 3.05) is 12.3 Å². The number of carbonyl (C=O) groups excluding carboxylic acids is 1. The van der Waals surface area contributed by atoms with E-state index >= 15 is 0 Å². The maximum Gasteiger partial charge on any atom is 0.232 e. The van der Waals surface area contributed by atoms with Crippen LogP contribution in [0.1, 0.15) is 21.6 Å². The van der Waals surface area contributed by atoms with Gasteiger partial charge in [0.2, 0.25) is 5.91 Å². The molecule has 4 heteroatoms. The van der Waals surface area contributed by atoms with Crippen molar-refractivity contribution < 1.29 is 4.79 Å². The minimum atomic E-state index is 0.268. The maximum absolute atomic E-state index is 12.3. The number of thiophene rings is 1. The van der Waals surface area contributed by atoms with Crippen molar-refractivity contribution >= 4 is 29.0 Å². The van der Waals surface area contributed by atoms with E-state index < -0.39 is 0 Å². The van der Waals surface area contributed by atoms with Crippen LogP contribution in [0.5, 0.6) is 0 Å². The fraction of sp³-hybridized carbons (Fsp3) is 0.353. The number of amides is 1. The predicted molar refractivity (Wildman–Crippen MR) is 90.8 cm³/mol. The van der Waals surface area contributed by atoms with E-state index in [4.69, 9.17) is 0 Å². The van der Waals surface area contributed by atoms with E-state index in [-0.39, 0.29) is 5.91 Å². The molecule has 0 saturated carbocycles. The number of thioether (sulfide) groups is 1. The monoisotopic (exact) mass is 317 g/mol. The maximum atomic E-state index is 12.3. The molecule has 0 bridgehead atoms. The molecule has 110 valence electrons. The molecule has 1 aliphatic rings. The summed E-state index contributed by atoms with van der Waals surface area (Å²) in [6, 6.07) is 10.7. The zero-order chi connectivity index (χ0) is 14.7. The lowest BCUT2D eigenvalue weighted by molar-refractivity contribution is -0.129. The Balaban J connectivity index is 1.49. The zero-order valence-electron chi connectivity index (χ0n) is 12.2. The summed E-state index contributed by atoms with van der Waals surface area (Å²) in [6.45, 7) is 3.77. The number of nitrogens with zero attached hydrogens (tertiary/aromatic N) is 1. The summed E-state index contributed by atoms with van der Waals surface area (Å²) >= 11 is 3.52. The predicted octanol–water partition coefficient (Wildman–Crippen LogP) is 3.87. The minimum Gasteiger partial charge on any atom is -0.337 e. The van der Waals surface area contributed by atoms with Crippen molar-refractivity contribution in [2.24, 2.45) is 0 Å². The highest BCUT2D eigenvalue weighted by Crippen LogP contribution is 2.24. The van der Waals surface area contributed by atoms with Gasteiger partial charge in [0.05, 0.1) is 5.75 Å². The van der Waals surface area contributed by atoms with Gasteiger partial charge in [0.1, 0.15) is 0 Å². The molecule has 21 heavy (non-hydrogen) atoms. The van der Waals surface area contributed by atoms with Crippen molar-refractivity contribution in [1.82, 2.24) is 4.90 Å². The number of aryl methyl sites for hydroxylation is 1. The first-order valence-electron chi connectivity index (χ1n) is 7.18. The van der Waals surface area contributed by atoms with Gasteiger partial charge in [0.15, 0.2) is 0 Å². The van der Waals surface area contributed by atoms with Gasteiger partial charge in [-0.2, -0.15) is 0 Å². The highest BCUT2D eigenvalue weighted by atomic mass is 32.2. The summed E-state index contributed by atoms with van der Waals surface area (Å²) in [4.78, 5) is 15.7. The van der Waals surface area contributed by atoms with Crippen LogP contribution in [0.2, 0.25) is 0 Å². The van der Waals surface area contributed by atoms with Gasteiger partial charge in [-0.15, -0.1) is 23.1 Å². The van der Waals surface area contributed by atoms with Gasteiger partial charge in [-0.25, -0.2) is 0 Å². The molecular formula is C17H19NOS2. The zero-order valence-corrected chi connectivity index (χ0v) is 13.8. The second kappa shape index (κ2) is 6.67. The second-order valence-corrected chi connectivity index (χ2v) is 7.40. The normalized spacial score (nSPS) is 14.0. The van der Waals surface area contributed by atoms with Crippen LogP contribution < -0.4 is 0 Å². The Hall–Kier alpha value is -1.26.